The van der Waals surface area contributed by atoms with Gasteiger partial charge in [-0.25, -0.2) is 0 Å². The first kappa shape index (κ1) is 16.1. The van der Waals surface area contributed by atoms with E-state index in [0.29, 0.717) is 0 Å². The molecule has 2 heteroatoms. The summed E-state index contributed by atoms with van der Waals surface area (Å²) in [5.74, 6) is 0.959. The zero-order chi connectivity index (χ0) is 15.4. The molecular weight excluding hydrogens is 324 g/mol. The number of ether oxygens (including phenoxy) is 1. The molecule has 0 aliphatic carbocycles. The highest BCUT2D eigenvalue weighted by Gasteiger charge is 2.13. The molecule has 0 aliphatic rings. The van der Waals surface area contributed by atoms with Crippen LogP contribution in [-0.4, -0.2) is 6.61 Å². The minimum absolute atomic E-state index is 0.760. The molecule has 0 saturated carbocycles. The average molecular weight is 347 g/mol. The first-order chi connectivity index (χ1) is 10.0. The molecule has 0 unspecified atom stereocenters. The van der Waals surface area contributed by atoms with Gasteiger partial charge < -0.3 is 4.74 Å². The van der Waals surface area contributed by atoms with Crippen molar-refractivity contribution >= 4 is 15.9 Å². The Hall–Kier alpha value is -1.28. The molecule has 2 rings (SSSR count). The van der Waals surface area contributed by atoms with Gasteiger partial charge in [0.05, 0.1) is 11.1 Å². The molecule has 0 aromatic heterocycles. The van der Waals surface area contributed by atoms with Gasteiger partial charge in [0.2, 0.25) is 0 Å². The summed E-state index contributed by atoms with van der Waals surface area (Å²) < 4.78 is 7.09. The van der Waals surface area contributed by atoms with Crippen molar-refractivity contribution < 1.29 is 4.74 Å². The van der Waals surface area contributed by atoms with Crippen LogP contribution in [0.5, 0.6) is 5.75 Å². The van der Waals surface area contributed by atoms with E-state index in [1.807, 2.05) is 0 Å². The lowest BCUT2D eigenvalue weighted by atomic mass is 9.96. The normalized spacial score (nSPS) is 10.7. The van der Waals surface area contributed by atoms with Crippen molar-refractivity contribution in [2.45, 2.75) is 40.5 Å². The van der Waals surface area contributed by atoms with E-state index in [1.165, 1.54) is 27.8 Å². The quantitative estimate of drug-likeness (QED) is 0.583. The van der Waals surface area contributed by atoms with Crippen LogP contribution in [0.15, 0.2) is 34.8 Å². The number of unbranched alkanes of at least 4 members (excludes halogenated alkanes) is 1. The molecule has 0 N–H and O–H groups in total. The monoisotopic (exact) mass is 346 g/mol. The molecule has 1 nitrogen and oxygen atoms in total. The van der Waals surface area contributed by atoms with Crippen LogP contribution >= 0.6 is 15.9 Å². The fraction of sp³-hybridized carbons (Fsp3) is 0.368. The van der Waals surface area contributed by atoms with E-state index >= 15 is 0 Å². The van der Waals surface area contributed by atoms with Gasteiger partial charge in [-0.1, -0.05) is 37.1 Å². The highest BCUT2D eigenvalue weighted by atomic mass is 79.9. The van der Waals surface area contributed by atoms with Gasteiger partial charge in [-0.2, -0.15) is 0 Å². The fourth-order valence-electron chi connectivity index (χ4n) is 2.51. The number of halogens is 1. The van der Waals surface area contributed by atoms with Crippen LogP contribution in [0.4, 0.5) is 0 Å². The Morgan fingerprint density at radius 2 is 1.71 bits per heavy atom. The molecular formula is C19H23BrO. The van der Waals surface area contributed by atoms with E-state index in [4.69, 9.17) is 4.74 Å². The van der Waals surface area contributed by atoms with Crippen LogP contribution in [0.3, 0.4) is 0 Å². The largest absolute Gasteiger partial charge is 0.492 e. The van der Waals surface area contributed by atoms with Crippen LogP contribution in [0.1, 0.15) is 36.5 Å². The Kier molecular flexibility index (Phi) is 5.46. The lowest BCUT2D eigenvalue weighted by Gasteiger charge is -2.16. The second-order valence-corrected chi connectivity index (χ2v) is 6.50. The van der Waals surface area contributed by atoms with Gasteiger partial charge in [0, 0.05) is 5.56 Å². The van der Waals surface area contributed by atoms with E-state index in [1.54, 1.807) is 0 Å². The van der Waals surface area contributed by atoms with Crippen molar-refractivity contribution in [1.29, 1.82) is 0 Å². The van der Waals surface area contributed by atoms with Crippen LogP contribution in [-0.2, 0) is 0 Å². The molecule has 0 atom stereocenters. The standard InChI is InChI=1S/C19H23BrO/c1-5-6-9-21-19-17(11-14(3)12-18(19)20)16-8-7-13(2)10-15(16)4/h7-8,10-12H,5-6,9H2,1-4H3. The predicted octanol–water partition coefficient (Wildman–Crippen LogP) is 6.22. The van der Waals surface area contributed by atoms with Gasteiger partial charge >= 0.3 is 0 Å². The smallest absolute Gasteiger partial charge is 0.141 e. The zero-order valence-electron chi connectivity index (χ0n) is 13.3. The van der Waals surface area contributed by atoms with Crippen molar-refractivity contribution in [2.75, 3.05) is 6.61 Å². The molecule has 0 saturated heterocycles. The summed E-state index contributed by atoms with van der Waals surface area (Å²) in [6.07, 6.45) is 2.22. The molecule has 0 fully saturated rings. The Morgan fingerprint density at radius 1 is 0.952 bits per heavy atom. The van der Waals surface area contributed by atoms with Crippen molar-refractivity contribution in [2.24, 2.45) is 0 Å². The highest BCUT2D eigenvalue weighted by molar-refractivity contribution is 9.10. The van der Waals surface area contributed by atoms with Gasteiger partial charge in [-0.3, -0.25) is 0 Å². The third-order valence-electron chi connectivity index (χ3n) is 3.60. The third-order valence-corrected chi connectivity index (χ3v) is 4.19. The van der Waals surface area contributed by atoms with Gasteiger partial charge in [-0.15, -0.1) is 0 Å². The fourth-order valence-corrected chi connectivity index (χ4v) is 3.20. The average Bonchev–Trinajstić information content (AvgIpc) is 2.41. The Morgan fingerprint density at radius 3 is 2.38 bits per heavy atom. The minimum atomic E-state index is 0.760. The number of hydrogen-bond donors (Lipinski definition) is 0. The Balaban J connectivity index is 2.50. The molecule has 2 aromatic carbocycles. The maximum atomic E-state index is 6.06. The van der Waals surface area contributed by atoms with Crippen molar-refractivity contribution in [3.63, 3.8) is 0 Å². The molecule has 2 aromatic rings. The summed E-state index contributed by atoms with van der Waals surface area (Å²) in [6, 6.07) is 10.9. The molecule has 0 amide bonds. The van der Waals surface area contributed by atoms with E-state index < -0.39 is 0 Å². The van der Waals surface area contributed by atoms with Gasteiger partial charge in [-0.05, 0) is 71.9 Å². The maximum Gasteiger partial charge on any atom is 0.141 e. The molecule has 0 aliphatic heterocycles. The van der Waals surface area contributed by atoms with Crippen molar-refractivity contribution in [3.05, 3.63) is 51.5 Å². The third kappa shape index (κ3) is 3.88. The molecule has 0 bridgehead atoms. The molecule has 0 radical (unpaired) electrons. The van der Waals surface area contributed by atoms with Gasteiger partial charge in [0.1, 0.15) is 5.75 Å². The van der Waals surface area contributed by atoms with Crippen molar-refractivity contribution in [1.82, 2.24) is 0 Å². The van der Waals surface area contributed by atoms with Gasteiger partial charge in [0.15, 0.2) is 0 Å². The van der Waals surface area contributed by atoms with Crippen LogP contribution in [0, 0.1) is 20.8 Å². The summed E-state index contributed by atoms with van der Waals surface area (Å²) in [5.41, 5.74) is 6.23. The SMILES string of the molecule is CCCCOc1c(Br)cc(C)cc1-c1ccc(C)cc1C. The lowest BCUT2D eigenvalue weighted by molar-refractivity contribution is 0.308. The highest BCUT2D eigenvalue weighted by Crippen LogP contribution is 2.39. The van der Waals surface area contributed by atoms with Crippen LogP contribution < -0.4 is 4.74 Å². The minimum Gasteiger partial charge on any atom is -0.492 e. The summed E-state index contributed by atoms with van der Waals surface area (Å²) >= 11 is 3.66. The molecule has 0 heterocycles. The molecule has 21 heavy (non-hydrogen) atoms. The van der Waals surface area contributed by atoms with Crippen molar-refractivity contribution in [3.8, 4) is 16.9 Å². The summed E-state index contributed by atoms with van der Waals surface area (Å²) in [7, 11) is 0. The Labute approximate surface area is 136 Å². The summed E-state index contributed by atoms with van der Waals surface area (Å²) in [4.78, 5) is 0. The number of aryl methyl sites for hydroxylation is 3. The Bertz CT molecular complexity index is 632. The first-order valence-electron chi connectivity index (χ1n) is 7.53. The molecule has 112 valence electrons. The number of rotatable bonds is 5. The summed E-state index contributed by atoms with van der Waals surface area (Å²) in [6.45, 7) is 9.35. The lowest BCUT2D eigenvalue weighted by Crippen LogP contribution is -2.00. The maximum absolute atomic E-state index is 6.06. The number of hydrogen-bond acceptors (Lipinski definition) is 1. The van der Waals surface area contributed by atoms with E-state index in [0.717, 1.165) is 29.7 Å². The summed E-state index contributed by atoms with van der Waals surface area (Å²) in [5, 5.41) is 0. The molecule has 0 spiro atoms. The second-order valence-electron chi connectivity index (χ2n) is 5.64. The zero-order valence-corrected chi connectivity index (χ0v) is 14.9. The predicted molar refractivity (Wildman–Crippen MR) is 94.2 cm³/mol. The second kappa shape index (κ2) is 7.13. The first-order valence-corrected chi connectivity index (χ1v) is 8.32. The number of benzene rings is 2. The van der Waals surface area contributed by atoms with Gasteiger partial charge in [0.25, 0.3) is 0 Å². The topological polar surface area (TPSA) is 9.23 Å². The van der Waals surface area contributed by atoms with E-state index in [9.17, 15) is 0 Å². The van der Waals surface area contributed by atoms with E-state index in [2.05, 4.69) is 74.0 Å². The van der Waals surface area contributed by atoms with Crippen LogP contribution in [0.25, 0.3) is 11.1 Å². The van der Waals surface area contributed by atoms with Crippen LogP contribution in [0.2, 0.25) is 0 Å². The van der Waals surface area contributed by atoms with E-state index in [-0.39, 0.29) is 0 Å².